The number of carbonyl (C=O) groups excluding carboxylic acids is 4. The molecule has 0 radical (unpaired) electrons. The molecule has 4 aromatic carbocycles. The van der Waals surface area contributed by atoms with Crippen molar-refractivity contribution >= 4 is 47.0 Å². The number of hydrogen-bond acceptors (Lipinski definition) is 9. The van der Waals surface area contributed by atoms with Crippen LogP contribution in [-0.4, -0.2) is 56.4 Å². The Morgan fingerprint density at radius 3 is 2.13 bits per heavy atom. The number of ketones is 1. The first kappa shape index (κ1) is 42.0. The monoisotopic (exact) mass is 847 g/mol. The topological polar surface area (TPSA) is 119 Å². The number of thioether (sulfide) groups is 1. The predicted molar refractivity (Wildman–Crippen MR) is 230 cm³/mol. The molecule has 6 atom stereocenters. The molecule has 2 saturated heterocycles. The number of ether oxygens (including phenoxy) is 3. The van der Waals surface area contributed by atoms with Gasteiger partial charge in [0.05, 0.1) is 30.4 Å². The van der Waals surface area contributed by atoms with Crippen LogP contribution < -0.4 is 4.74 Å². The van der Waals surface area contributed by atoms with Crippen molar-refractivity contribution in [2.24, 2.45) is 29.1 Å². The zero-order valence-corrected chi connectivity index (χ0v) is 35.6. The Balaban J connectivity index is 1.21. The smallest absolute Gasteiger partial charge is 0.334 e. The van der Waals surface area contributed by atoms with Gasteiger partial charge in [0, 0.05) is 26.5 Å². The molecule has 1 N–H and O–H groups in total. The van der Waals surface area contributed by atoms with Crippen molar-refractivity contribution in [2.45, 2.75) is 81.4 Å². The van der Waals surface area contributed by atoms with Gasteiger partial charge < -0.3 is 24.2 Å². The third-order valence-electron chi connectivity index (χ3n) is 12.9. The highest BCUT2D eigenvalue weighted by molar-refractivity contribution is 8.01. The number of carbonyl (C=O) groups is 4. The maximum Gasteiger partial charge on any atom is 0.334 e. The van der Waals surface area contributed by atoms with Gasteiger partial charge in [0.15, 0.2) is 5.78 Å². The van der Waals surface area contributed by atoms with Crippen molar-refractivity contribution < 1.29 is 38.5 Å². The Morgan fingerprint density at radius 1 is 0.867 bits per heavy atom. The van der Waals surface area contributed by atoms with Crippen LogP contribution in [0.4, 0.5) is 0 Å². The predicted octanol–water partition coefficient (Wildman–Crippen LogP) is 9.17. The lowest BCUT2D eigenvalue weighted by molar-refractivity contribution is -0.271. The molecule has 4 aliphatic rings. The maximum atomic E-state index is 15.7. The number of amides is 1. The molecule has 0 bridgehead atoms. The zero-order chi connectivity index (χ0) is 42.2. The SMILES string of the molecule is CC1CCC(CCOC(=O)C2=CC(C(=O)Oc3ccccc3)C3(C(=O)N4[C@@H](C(O)(OCc5ccccc5)c5ccccc5)C(C)(C)S[C@@H]43)C2C(=O)c2ccc(Cl)cc2)CC1. The zero-order valence-electron chi connectivity index (χ0n) is 34.0. The van der Waals surface area contributed by atoms with Crippen LogP contribution in [0.2, 0.25) is 5.02 Å². The number of esters is 2. The normalized spacial score (nSPS) is 27.6. The second kappa shape index (κ2) is 17.0. The largest absolute Gasteiger partial charge is 0.462 e. The third-order valence-corrected chi connectivity index (χ3v) is 14.8. The summed E-state index contributed by atoms with van der Waals surface area (Å²) >= 11 is 7.63. The van der Waals surface area contributed by atoms with E-state index < -0.39 is 62.8 Å². The van der Waals surface area contributed by atoms with Crippen LogP contribution in [-0.2, 0) is 36.3 Å². The number of rotatable bonds is 13. The van der Waals surface area contributed by atoms with Gasteiger partial charge in [-0.25, -0.2) is 4.79 Å². The van der Waals surface area contributed by atoms with E-state index in [1.807, 2.05) is 50.2 Å². The van der Waals surface area contributed by atoms with Gasteiger partial charge in [0.25, 0.3) is 0 Å². The number of fused-ring (bicyclic) bond motifs is 2. The number of hydrogen-bond donors (Lipinski definition) is 1. The molecule has 2 aliphatic heterocycles. The van der Waals surface area contributed by atoms with Crippen LogP contribution in [0.3, 0.4) is 0 Å². The minimum atomic E-state index is -2.04. The summed E-state index contributed by atoms with van der Waals surface area (Å²) in [4.78, 5) is 61.4. The first-order chi connectivity index (χ1) is 28.8. The molecule has 60 heavy (non-hydrogen) atoms. The third kappa shape index (κ3) is 7.61. The lowest BCUT2D eigenvalue weighted by Crippen LogP contribution is -2.76. The van der Waals surface area contributed by atoms with Crippen LogP contribution in [0.1, 0.15) is 74.4 Å². The molecule has 3 fully saturated rings. The van der Waals surface area contributed by atoms with E-state index in [2.05, 4.69) is 6.92 Å². The van der Waals surface area contributed by atoms with Gasteiger partial charge in [-0.05, 0) is 74.1 Å². The molecular formula is C49H50ClNO8S. The molecule has 2 heterocycles. The molecule has 1 saturated carbocycles. The number of Topliss-reactive ketones (excluding diaryl/α,β-unsaturated/α-hetero) is 1. The van der Waals surface area contributed by atoms with E-state index >= 15 is 9.59 Å². The van der Waals surface area contributed by atoms with Crippen molar-refractivity contribution in [2.75, 3.05) is 6.61 Å². The van der Waals surface area contributed by atoms with Crippen molar-refractivity contribution in [1.29, 1.82) is 0 Å². The highest BCUT2D eigenvalue weighted by atomic mass is 35.5. The summed E-state index contributed by atoms with van der Waals surface area (Å²) < 4.78 is 17.5. The van der Waals surface area contributed by atoms with E-state index in [0.717, 1.165) is 31.2 Å². The molecule has 0 aromatic heterocycles. The number of halogens is 1. The van der Waals surface area contributed by atoms with E-state index in [-0.39, 0.29) is 30.1 Å². The number of aliphatic hydroxyl groups is 1. The molecule has 4 aromatic rings. The van der Waals surface area contributed by atoms with Crippen LogP contribution in [0, 0.1) is 29.1 Å². The minimum Gasteiger partial charge on any atom is -0.462 e. The van der Waals surface area contributed by atoms with Gasteiger partial charge in [-0.1, -0.05) is 129 Å². The van der Waals surface area contributed by atoms with E-state index in [4.69, 9.17) is 25.8 Å². The van der Waals surface area contributed by atoms with Gasteiger partial charge in [-0.15, -0.1) is 11.8 Å². The lowest BCUT2D eigenvalue weighted by atomic mass is 9.60. The van der Waals surface area contributed by atoms with Crippen LogP contribution in [0.25, 0.3) is 0 Å². The summed E-state index contributed by atoms with van der Waals surface area (Å²) in [5, 5.41) is 12.5. The van der Waals surface area contributed by atoms with E-state index in [0.29, 0.717) is 28.8 Å². The first-order valence-electron chi connectivity index (χ1n) is 20.8. The van der Waals surface area contributed by atoms with Gasteiger partial charge >= 0.3 is 11.9 Å². The molecule has 11 heteroatoms. The molecule has 1 spiro atoms. The van der Waals surface area contributed by atoms with Gasteiger partial charge in [0.2, 0.25) is 11.7 Å². The Morgan fingerprint density at radius 2 is 1.48 bits per heavy atom. The molecule has 1 amide bonds. The highest BCUT2D eigenvalue weighted by Crippen LogP contribution is 2.69. The molecule has 8 rings (SSSR count). The Bertz CT molecular complexity index is 2250. The van der Waals surface area contributed by atoms with E-state index in [9.17, 15) is 14.7 Å². The summed E-state index contributed by atoms with van der Waals surface area (Å²) in [5.74, 6) is -6.15. The Kier molecular flexibility index (Phi) is 11.9. The van der Waals surface area contributed by atoms with Gasteiger partial charge in [-0.3, -0.25) is 14.4 Å². The fraction of sp³-hybridized carbons (Fsp3) is 0.388. The summed E-state index contributed by atoms with van der Waals surface area (Å²) in [6, 6.07) is 32.1. The Labute approximate surface area is 360 Å². The summed E-state index contributed by atoms with van der Waals surface area (Å²) in [7, 11) is 0. The molecule has 2 aliphatic carbocycles. The number of β-lactam (4-membered cyclic amide) rings is 1. The molecule has 312 valence electrons. The van der Waals surface area contributed by atoms with Crippen molar-refractivity contribution in [1.82, 2.24) is 4.90 Å². The summed E-state index contributed by atoms with van der Waals surface area (Å²) in [6.45, 7) is 6.25. The number of benzene rings is 4. The fourth-order valence-electron chi connectivity index (χ4n) is 9.80. The van der Waals surface area contributed by atoms with Crippen LogP contribution in [0.15, 0.2) is 127 Å². The number of nitrogens with zero attached hydrogens (tertiary/aromatic N) is 1. The van der Waals surface area contributed by atoms with Gasteiger partial charge in [0.1, 0.15) is 17.2 Å². The summed E-state index contributed by atoms with van der Waals surface area (Å²) in [6.07, 6.45) is 6.47. The lowest BCUT2D eigenvalue weighted by Gasteiger charge is -2.58. The average Bonchev–Trinajstić information content (AvgIpc) is 3.77. The number of para-hydroxylation sites is 1. The second-order valence-corrected chi connectivity index (χ2v) is 19.3. The standard InChI is InChI=1S/C49H50ClNO8S/c1-31-19-21-32(22-20-31)27-28-57-42(53)38-29-39(43(54)59-37-17-11-6-12-18-37)48(40(38)41(52)34-23-25-36(50)26-24-34)45(55)51-44(47(2,3)60-46(48)51)49(56,35-15-9-5-10-16-35)58-30-33-13-7-4-8-14-33/h4-18,23-26,29,31-32,39-40,44,46,56H,19-22,27-28,30H2,1-3H3/t31?,32?,39?,40?,44-,46-,48?,49?/m1/s1. The summed E-state index contributed by atoms with van der Waals surface area (Å²) in [5.41, 5.74) is -0.422. The highest BCUT2D eigenvalue weighted by Gasteiger charge is 2.81. The maximum absolute atomic E-state index is 15.7. The van der Waals surface area contributed by atoms with E-state index in [1.54, 1.807) is 83.8 Å². The van der Waals surface area contributed by atoms with Crippen molar-refractivity contribution in [3.05, 3.63) is 149 Å². The molecule has 9 nitrogen and oxygen atoms in total. The quantitative estimate of drug-likeness (QED) is 0.0462. The second-order valence-electron chi connectivity index (χ2n) is 17.1. The average molecular weight is 848 g/mol. The van der Waals surface area contributed by atoms with E-state index in [1.165, 1.54) is 17.8 Å². The van der Waals surface area contributed by atoms with Crippen LogP contribution >= 0.6 is 23.4 Å². The van der Waals surface area contributed by atoms with Gasteiger partial charge in [-0.2, -0.15) is 0 Å². The molecular weight excluding hydrogens is 798 g/mol. The van der Waals surface area contributed by atoms with Crippen molar-refractivity contribution in [3.8, 4) is 5.75 Å². The fourth-order valence-corrected chi connectivity index (χ4v) is 11.8. The van der Waals surface area contributed by atoms with Crippen LogP contribution in [0.5, 0.6) is 5.75 Å². The Hall–Kier alpha value is -4.74. The first-order valence-corrected chi connectivity index (χ1v) is 22.0. The molecule has 4 unspecified atom stereocenters. The minimum absolute atomic E-state index is 0.0302. The van der Waals surface area contributed by atoms with Crippen molar-refractivity contribution in [3.63, 3.8) is 0 Å².